The van der Waals surface area contributed by atoms with Gasteiger partial charge in [0.15, 0.2) is 10.8 Å². The van der Waals surface area contributed by atoms with Crippen LogP contribution in [0.5, 0.6) is 0 Å². The molecule has 2 N–H and O–H groups in total. The predicted octanol–water partition coefficient (Wildman–Crippen LogP) is 3.45. The molecule has 1 aromatic heterocycles. The van der Waals surface area contributed by atoms with Crippen LogP contribution < -0.4 is 10.6 Å². The maximum Gasteiger partial charge on any atom is 0.260 e. The minimum atomic E-state index is -3.93. The van der Waals surface area contributed by atoms with E-state index in [1.165, 1.54) is 18.7 Å². The minimum absolute atomic E-state index is 0.113. The van der Waals surface area contributed by atoms with Crippen LogP contribution in [-0.2, 0) is 19.6 Å². The van der Waals surface area contributed by atoms with Crippen LogP contribution in [0, 0.1) is 5.92 Å². The first-order chi connectivity index (χ1) is 18.2. The Morgan fingerprint density at radius 2 is 1.76 bits per heavy atom. The summed E-state index contributed by atoms with van der Waals surface area (Å²) < 4.78 is 28.0. The van der Waals surface area contributed by atoms with Crippen molar-refractivity contribution >= 4 is 43.6 Å². The largest absolute Gasteiger partial charge is 0.344 e. The molecule has 9 nitrogen and oxygen atoms in total. The Balaban J connectivity index is 1.45. The van der Waals surface area contributed by atoms with Crippen LogP contribution in [0.3, 0.4) is 0 Å². The lowest BCUT2D eigenvalue weighted by atomic mass is 9.84. The van der Waals surface area contributed by atoms with E-state index in [0.29, 0.717) is 30.7 Å². The summed E-state index contributed by atoms with van der Waals surface area (Å²) >= 11 is 3.36. The van der Waals surface area contributed by atoms with Crippen molar-refractivity contribution < 1.29 is 22.8 Å². The first-order valence-corrected chi connectivity index (χ1v) is 15.3. The number of rotatable bonds is 8. The average molecular weight is 606 g/mol. The number of carbonyl (C=O) groups excluding carboxylic acids is 3. The van der Waals surface area contributed by atoms with Gasteiger partial charge in [0.05, 0.1) is 12.6 Å². The number of Topliss-reactive ketones (excluding diaryl/α,β-unsaturated/α-hetero) is 1. The van der Waals surface area contributed by atoms with E-state index in [-0.39, 0.29) is 29.8 Å². The van der Waals surface area contributed by atoms with E-state index in [0.717, 1.165) is 34.5 Å². The van der Waals surface area contributed by atoms with Gasteiger partial charge in [-0.3, -0.25) is 14.4 Å². The molecule has 2 aromatic rings. The van der Waals surface area contributed by atoms with E-state index in [4.69, 9.17) is 0 Å². The Kier molecular flexibility index (Phi) is 9.67. The molecule has 1 aromatic carbocycles. The molecule has 2 aliphatic rings. The van der Waals surface area contributed by atoms with Crippen LogP contribution in [0.2, 0.25) is 0 Å². The van der Waals surface area contributed by atoms with Crippen LogP contribution in [0.4, 0.5) is 0 Å². The molecule has 1 saturated carbocycles. The van der Waals surface area contributed by atoms with Crippen LogP contribution in [0.15, 0.2) is 58.2 Å². The maximum absolute atomic E-state index is 13.4. The van der Waals surface area contributed by atoms with E-state index < -0.39 is 28.0 Å². The van der Waals surface area contributed by atoms with Crippen LogP contribution in [-0.4, -0.2) is 60.5 Å². The molecule has 204 valence electrons. The molecule has 2 fully saturated rings. The van der Waals surface area contributed by atoms with Crippen molar-refractivity contribution in [3.63, 3.8) is 0 Å². The number of amides is 2. The average Bonchev–Trinajstić information content (AvgIpc) is 3.11. The Hall–Kier alpha value is -2.63. The number of pyridine rings is 1. The molecule has 2 heterocycles. The summed E-state index contributed by atoms with van der Waals surface area (Å²) in [6.07, 6.45) is 7.98. The predicted molar refractivity (Wildman–Crippen MR) is 146 cm³/mol. The van der Waals surface area contributed by atoms with Gasteiger partial charge in [-0.15, -0.1) is 0 Å². The Morgan fingerprint density at radius 3 is 2.45 bits per heavy atom. The van der Waals surface area contributed by atoms with Crippen LogP contribution in [0.1, 0.15) is 61.7 Å². The molecular formula is C27H33BrN4O5S. The van der Waals surface area contributed by atoms with Crippen molar-refractivity contribution in [2.45, 2.75) is 68.5 Å². The second kappa shape index (κ2) is 12.9. The number of benzene rings is 1. The molecule has 1 aliphatic carbocycles. The normalized spacial score (nSPS) is 20.3. The standard InChI is InChI=1S/C27H33BrN4O5S/c28-21-13-11-20(12-14-21)26(34)31-23(17-19-7-2-1-3-8-19)27(35)30-22-9-6-16-32(18-24(22)33)38(36,37)25-10-4-5-15-29-25/h4-5,10-15,19,22-23H,1-3,6-9,16-18H2,(H,30,35)(H,31,34)/t22-,23+/m1/s1. The highest BCUT2D eigenvalue weighted by molar-refractivity contribution is 9.10. The van der Waals surface area contributed by atoms with Gasteiger partial charge in [0.2, 0.25) is 5.91 Å². The molecule has 2 atom stereocenters. The zero-order valence-corrected chi connectivity index (χ0v) is 23.5. The topological polar surface area (TPSA) is 126 Å². The fourth-order valence-corrected chi connectivity index (χ4v) is 6.73. The molecule has 0 unspecified atom stereocenters. The van der Waals surface area contributed by atoms with Crippen molar-refractivity contribution in [3.8, 4) is 0 Å². The van der Waals surface area contributed by atoms with Gasteiger partial charge in [-0.1, -0.05) is 54.1 Å². The number of hydrogen-bond donors (Lipinski definition) is 2. The van der Waals surface area contributed by atoms with Gasteiger partial charge in [0, 0.05) is 22.8 Å². The molecule has 2 amide bonds. The van der Waals surface area contributed by atoms with E-state index in [9.17, 15) is 22.8 Å². The highest BCUT2D eigenvalue weighted by Crippen LogP contribution is 2.28. The van der Waals surface area contributed by atoms with Gasteiger partial charge in [-0.25, -0.2) is 13.4 Å². The Morgan fingerprint density at radius 1 is 1.03 bits per heavy atom. The van der Waals surface area contributed by atoms with Gasteiger partial charge >= 0.3 is 0 Å². The smallest absolute Gasteiger partial charge is 0.260 e. The molecule has 38 heavy (non-hydrogen) atoms. The number of carbonyl (C=O) groups is 3. The quantitative estimate of drug-likeness (QED) is 0.475. The summed E-state index contributed by atoms with van der Waals surface area (Å²) in [4.78, 5) is 43.4. The maximum atomic E-state index is 13.4. The van der Waals surface area contributed by atoms with Gasteiger partial charge in [0.25, 0.3) is 15.9 Å². The first kappa shape index (κ1) is 28.4. The summed E-state index contributed by atoms with van der Waals surface area (Å²) in [6.45, 7) is -0.189. The van der Waals surface area contributed by atoms with E-state index in [1.54, 1.807) is 36.4 Å². The molecule has 4 rings (SSSR count). The van der Waals surface area contributed by atoms with Crippen LogP contribution >= 0.6 is 15.9 Å². The number of nitrogens with one attached hydrogen (secondary N) is 2. The van der Waals surface area contributed by atoms with Crippen molar-refractivity contribution in [2.75, 3.05) is 13.1 Å². The van der Waals surface area contributed by atoms with E-state index in [2.05, 4.69) is 31.5 Å². The molecular weight excluding hydrogens is 572 g/mol. The lowest BCUT2D eigenvalue weighted by Gasteiger charge is -2.28. The van der Waals surface area contributed by atoms with Crippen molar-refractivity contribution in [2.24, 2.45) is 5.92 Å². The summed E-state index contributed by atoms with van der Waals surface area (Å²) in [5.74, 6) is -0.840. The lowest BCUT2D eigenvalue weighted by Crippen LogP contribution is -2.53. The summed E-state index contributed by atoms with van der Waals surface area (Å²) in [5, 5.41) is 5.60. The fourth-order valence-electron chi connectivity index (χ4n) is 5.09. The third-order valence-corrected chi connectivity index (χ3v) is 9.49. The minimum Gasteiger partial charge on any atom is -0.344 e. The van der Waals surface area contributed by atoms with Crippen molar-refractivity contribution in [1.29, 1.82) is 0 Å². The van der Waals surface area contributed by atoms with Crippen molar-refractivity contribution in [1.82, 2.24) is 19.9 Å². The molecule has 1 aliphatic heterocycles. The van der Waals surface area contributed by atoms with E-state index in [1.807, 2.05) is 0 Å². The Labute approximate surface area is 232 Å². The SMILES string of the molecule is O=C(N[C@@H](CC1CCCCC1)C(=O)N[C@@H]1CCCN(S(=O)(=O)c2ccccn2)CC1=O)c1ccc(Br)cc1. The molecule has 0 radical (unpaired) electrons. The van der Waals surface area contributed by atoms with Crippen LogP contribution in [0.25, 0.3) is 0 Å². The van der Waals surface area contributed by atoms with E-state index >= 15 is 0 Å². The third-order valence-electron chi connectivity index (χ3n) is 7.20. The number of halogens is 1. The Bertz CT molecular complexity index is 1230. The second-order valence-corrected chi connectivity index (χ2v) is 12.7. The summed E-state index contributed by atoms with van der Waals surface area (Å²) in [6, 6.07) is 9.87. The summed E-state index contributed by atoms with van der Waals surface area (Å²) in [5.41, 5.74) is 0.440. The number of aromatic nitrogens is 1. The van der Waals surface area contributed by atoms with Gasteiger partial charge in [-0.05, 0) is 61.6 Å². The molecule has 11 heteroatoms. The monoisotopic (exact) mass is 604 g/mol. The number of sulfonamides is 1. The lowest BCUT2D eigenvalue weighted by molar-refractivity contribution is -0.129. The highest BCUT2D eigenvalue weighted by atomic mass is 79.9. The summed E-state index contributed by atoms with van der Waals surface area (Å²) in [7, 11) is -3.93. The number of nitrogens with zero attached hydrogens (tertiary/aromatic N) is 2. The molecule has 0 spiro atoms. The first-order valence-electron chi connectivity index (χ1n) is 13.0. The highest BCUT2D eigenvalue weighted by Gasteiger charge is 2.35. The number of ketones is 1. The molecule has 1 saturated heterocycles. The zero-order valence-electron chi connectivity index (χ0n) is 21.1. The van der Waals surface area contributed by atoms with Gasteiger partial charge in [0.1, 0.15) is 6.04 Å². The zero-order chi connectivity index (χ0) is 27.1. The third kappa shape index (κ3) is 7.27. The van der Waals surface area contributed by atoms with Gasteiger partial charge in [-0.2, -0.15) is 4.31 Å². The number of hydrogen-bond acceptors (Lipinski definition) is 6. The second-order valence-electron chi connectivity index (χ2n) is 9.95. The van der Waals surface area contributed by atoms with Gasteiger partial charge < -0.3 is 10.6 Å². The molecule has 0 bridgehead atoms. The fraction of sp³-hybridized carbons (Fsp3) is 0.481. The van der Waals surface area contributed by atoms with Crippen molar-refractivity contribution in [3.05, 3.63) is 58.7 Å².